The number of nitrogens with one attached hydrogen (secondary N) is 1. The molecular weight excluding hydrogens is 579 g/mol. The number of likely N-dealkylation sites (tertiary alicyclic amines) is 1. The van der Waals surface area contributed by atoms with Crippen LogP contribution in [0.3, 0.4) is 0 Å². The van der Waals surface area contributed by atoms with Crippen molar-refractivity contribution in [1.82, 2.24) is 19.9 Å². The Labute approximate surface area is 231 Å². The number of aromatic carboxylic acids is 1. The van der Waals surface area contributed by atoms with Crippen LogP contribution in [0.25, 0.3) is 10.9 Å². The number of nitrogens with two attached hydrogens (primary N) is 1. The predicted octanol–water partition coefficient (Wildman–Crippen LogP) is 6.09. The molecule has 5 rings (SSSR count). The van der Waals surface area contributed by atoms with E-state index in [2.05, 4.69) is 90.4 Å². The van der Waals surface area contributed by atoms with E-state index in [1.807, 2.05) is 0 Å². The van der Waals surface area contributed by atoms with Crippen molar-refractivity contribution in [1.29, 1.82) is 0 Å². The molecule has 1 aliphatic rings. The lowest BCUT2D eigenvalue weighted by molar-refractivity contribution is -0.142. The summed E-state index contributed by atoms with van der Waals surface area (Å²) in [6.45, 7) is 2.38. The van der Waals surface area contributed by atoms with Crippen LogP contribution in [-0.2, 0) is 12.6 Å². The molecule has 0 radical (unpaired) electrons. The lowest BCUT2D eigenvalue weighted by Gasteiger charge is -2.28. The van der Waals surface area contributed by atoms with Gasteiger partial charge in [-0.2, -0.15) is 13.2 Å². The van der Waals surface area contributed by atoms with E-state index in [9.17, 15) is 18.0 Å². The average Bonchev–Trinajstić information content (AvgIpc) is 3.58. The Morgan fingerprint density at radius 1 is 1.15 bits per heavy atom. The molecule has 2 aromatic heterocycles. The van der Waals surface area contributed by atoms with E-state index in [1.165, 1.54) is 48.1 Å². The highest BCUT2D eigenvalue weighted by atomic mass is 79.9. The van der Waals surface area contributed by atoms with E-state index >= 15 is 0 Å². The first-order valence-electron chi connectivity index (χ1n) is 12.1. The third-order valence-electron chi connectivity index (χ3n) is 6.43. The standard InChI is InChI=1S/C21H24N2O.C6H3BrF3N3O2/c1-24-19-10-8-16(9-11-19)21(23-12-4-5-13-23)15-18-14-17-6-2-3-7-20(17)22-18;7-3-2(6(8,9)10)13-4(11)1(12-3)5(14)15/h2-3,6-11,14,21-22H,4-5,12-13,15H2,1H3;(H2,11,13)(H,14,15). The Balaban J connectivity index is 0.000000204. The minimum atomic E-state index is -4.74. The number of ether oxygens (including phenoxy) is 1. The van der Waals surface area contributed by atoms with Crippen molar-refractivity contribution < 1.29 is 27.8 Å². The van der Waals surface area contributed by atoms with Gasteiger partial charge in [-0.3, -0.25) is 4.90 Å². The minimum Gasteiger partial charge on any atom is -0.497 e. The number of halogens is 4. The lowest BCUT2D eigenvalue weighted by Crippen LogP contribution is -2.27. The quantitative estimate of drug-likeness (QED) is 0.243. The number of rotatable bonds is 6. The Morgan fingerprint density at radius 2 is 1.82 bits per heavy atom. The molecule has 206 valence electrons. The zero-order valence-electron chi connectivity index (χ0n) is 21.0. The Morgan fingerprint density at radius 3 is 2.41 bits per heavy atom. The van der Waals surface area contributed by atoms with Crippen molar-refractivity contribution in [2.75, 3.05) is 25.9 Å². The van der Waals surface area contributed by atoms with Crippen molar-refractivity contribution in [2.24, 2.45) is 0 Å². The van der Waals surface area contributed by atoms with E-state index in [1.54, 1.807) is 7.11 Å². The number of fused-ring (bicyclic) bond motifs is 1. The van der Waals surface area contributed by atoms with Crippen LogP contribution in [0.1, 0.15) is 46.3 Å². The molecule has 0 saturated carbocycles. The van der Waals surface area contributed by atoms with Gasteiger partial charge in [0, 0.05) is 23.7 Å². The molecule has 4 N–H and O–H groups in total. The molecule has 39 heavy (non-hydrogen) atoms. The highest BCUT2D eigenvalue weighted by molar-refractivity contribution is 9.10. The van der Waals surface area contributed by atoms with Crippen molar-refractivity contribution in [2.45, 2.75) is 31.5 Å². The van der Waals surface area contributed by atoms with Crippen molar-refractivity contribution in [3.8, 4) is 5.75 Å². The molecular formula is C27H27BrF3N5O3. The van der Waals surface area contributed by atoms with Crippen LogP contribution in [0, 0.1) is 0 Å². The highest BCUT2D eigenvalue weighted by Gasteiger charge is 2.37. The molecule has 0 aliphatic carbocycles. The Kier molecular flexibility index (Phi) is 8.76. The number of para-hydroxylation sites is 1. The smallest absolute Gasteiger partial charge is 0.436 e. The first-order valence-corrected chi connectivity index (χ1v) is 12.9. The number of H-pyrrole nitrogens is 1. The van der Waals surface area contributed by atoms with Gasteiger partial charge >= 0.3 is 12.1 Å². The summed E-state index contributed by atoms with van der Waals surface area (Å²) in [5, 5.41) is 9.79. The predicted molar refractivity (Wildman–Crippen MR) is 145 cm³/mol. The fourth-order valence-electron chi connectivity index (χ4n) is 4.55. The molecule has 0 spiro atoms. The maximum Gasteiger partial charge on any atom is 0.436 e. The average molecular weight is 606 g/mol. The minimum absolute atomic E-state index is 0.423. The number of alkyl halides is 3. The van der Waals surface area contributed by atoms with Crippen LogP contribution in [-0.4, -0.2) is 51.1 Å². The van der Waals surface area contributed by atoms with Gasteiger partial charge in [0.05, 0.1) is 7.11 Å². The lowest BCUT2D eigenvalue weighted by atomic mass is 10.0. The van der Waals surface area contributed by atoms with Crippen molar-refractivity contribution in [3.05, 3.63) is 81.8 Å². The number of carboxylic acids is 1. The van der Waals surface area contributed by atoms with Gasteiger partial charge in [-0.05, 0) is 77.1 Å². The third kappa shape index (κ3) is 6.87. The summed E-state index contributed by atoms with van der Waals surface area (Å²) in [5.74, 6) is -1.41. The van der Waals surface area contributed by atoms with Gasteiger partial charge in [-0.25, -0.2) is 14.8 Å². The van der Waals surface area contributed by atoms with Crippen molar-refractivity contribution >= 4 is 38.6 Å². The Bertz CT molecular complexity index is 1400. The van der Waals surface area contributed by atoms with E-state index in [0.29, 0.717) is 6.04 Å². The second-order valence-electron chi connectivity index (χ2n) is 9.02. The first-order chi connectivity index (χ1) is 18.6. The van der Waals surface area contributed by atoms with Gasteiger partial charge < -0.3 is 20.6 Å². The fourth-order valence-corrected chi connectivity index (χ4v) is 5.05. The maximum absolute atomic E-state index is 12.2. The summed E-state index contributed by atoms with van der Waals surface area (Å²) in [6, 6.07) is 19.8. The molecule has 2 aromatic carbocycles. The summed E-state index contributed by atoms with van der Waals surface area (Å²) in [5.41, 5.74) is 6.83. The highest BCUT2D eigenvalue weighted by Crippen LogP contribution is 2.33. The molecule has 1 fully saturated rings. The number of carbonyl (C=O) groups is 1. The summed E-state index contributed by atoms with van der Waals surface area (Å²) in [4.78, 5) is 22.7. The van der Waals surface area contributed by atoms with Crippen LogP contribution >= 0.6 is 15.9 Å². The van der Waals surface area contributed by atoms with E-state index < -0.39 is 34.0 Å². The second kappa shape index (κ2) is 12.0. The molecule has 8 nitrogen and oxygen atoms in total. The first kappa shape index (κ1) is 28.4. The van der Waals surface area contributed by atoms with Crippen LogP contribution in [0.4, 0.5) is 19.0 Å². The van der Waals surface area contributed by atoms with Gasteiger partial charge in [0.15, 0.2) is 17.2 Å². The van der Waals surface area contributed by atoms with Gasteiger partial charge in [-0.15, -0.1) is 0 Å². The number of anilines is 1. The maximum atomic E-state index is 12.2. The molecule has 1 aliphatic heterocycles. The fraction of sp³-hybridized carbons (Fsp3) is 0.296. The number of carboxylic acid groups (broad SMARTS) is 1. The molecule has 4 aromatic rings. The second-order valence-corrected chi connectivity index (χ2v) is 9.77. The number of hydrogen-bond acceptors (Lipinski definition) is 6. The van der Waals surface area contributed by atoms with E-state index in [4.69, 9.17) is 15.6 Å². The van der Waals surface area contributed by atoms with Crippen molar-refractivity contribution in [3.63, 3.8) is 0 Å². The summed E-state index contributed by atoms with van der Waals surface area (Å²) < 4.78 is 41.3. The number of benzene rings is 2. The summed E-state index contributed by atoms with van der Waals surface area (Å²) >= 11 is 2.47. The van der Waals surface area contributed by atoms with Gasteiger partial charge in [0.2, 0.25) is 0 Å². The summed E-state index contributed by atoms with van der Waals surface area (Å²) in [7, 11) is 1.72. The van der Waals surface area contributed by atoms with Crippen LogP contribution in [0.5, 0.6) is 5.75 Å². The van der Waals surface area contributed by atoms with Crippen LogP contribution < -0.4 is 10.5 Å². The van der Waals surface area contributed by atoms with Gasteiger partial charge in [0.1, 0.15) is 10.4 Å². The number of nitrogens with zero attached hydrogens (tertiary/aromatic N) is 3. The molecule has 0 amide bonds. The number of hydrogen-bond donors (Lipinski definition) is 3. The number of aromatic nitrogens is 3. The molecule has 12 heteroatoms. The Hall–Kier alpha value is -3.64. The van der Waals surface area contributed by atoms with E-state index in [-0.39, 0.29) is 0 Å². The van der Waals surface area contributed by atoms with Gasteiger partial charge in [-0.1, -0.05) is 30.3 Å². The van der Waals surface area contributed by atoms with E-state index in [0.717, 1.165) is 12.2 Å². The monoisotopic (exact) mass is 605 g/mol. The zero-order valence-corrected chi connectivity index (χ0v) is 22.6. The largest absolute Gasteiger partial charge is 0.497 e. The topological polar surface area (TPSA) is 117 Å². The molecule has 1 atom stereocenters. The molecule has 3 heterocycles. The van der Waals surface area contributed by atoms with Crippen LogP contribution in [0.15, 0.2) is 59.2 Å². The molecule has 1 unspecified atom stereocenters. The van der Waals surface area contributed by atoms with Gasteiger partial charge in [0.25, 0.3) is 0 Å². The normalized spacial score (nSPS) is 14.6. The zero-order chi connectivity index (χ0) is 28.2. The summed E-state index contributed by atoms with van der Waals surface area (Å²) in [6.07, 6.45) is -1.11. The number of aromatic amines is 1. The number of nitrogen functional groups attached to an aromatic ring is 1. The molecule has 0 bridgehead atoms. The molecule has 1 saturated heterocycles. The van der Waals surface area contributed by atoms with Crippen LogP contribution in [0.2, 0.25) is 0 Å². The number of methoxy groups -OCH3 is 1. The third-order valence-corrected chi connectivity index (χ3v) is 6.99. The SMILES string of the molecule is COc1ccc(C(Cc2cc3ccccc3[nH]2)N2CCCC2)cc1.Nc1nc(C(F)(F)F)c(Br)nc1C(=O)O.